The van der Waals surface area contributed by atoms with Crippen LogP contribution in [0.2, 0.25) is 0 Å². The van der Waals surface area contributed by atoms with Crippen LogP contribution in [-0.2, 0) is 0 Å². The molecule has 0 radical (unpaired) electrons. The zero-order valence-electron chi connectivity index (χ0n) is 11.7. The molecule has 1 amide bonds. The van der Waals surface area contributed by atoms with Gasteiger partial charge in [0.1, 0.15) is 0 Å². The molecule has 0 aromatic carbocycles. The van der Waals surface area contributed by atoms with E-state index in [0.29, 0.717) is 10.1 Å². The minimum Gasteiger partial charge on any atom is -0.360 e. The summed E-state index contributed by atoms with van der Waals surface area (Å²) in [6.07, 6.45) is 1.01. The van der Waals surface area contributed by atoms with Crippen LogP contribution >= 0.6 is 11.3 Å². The van der Waals surface area contributed by atoms with E-state index in [0.717, 1.165) is 32.6 Å². The van der Waals surface area contributed by atoms with Gasteiger partial charge in [0.15, 0.2) is 0 Å². The molecule has 0 bridgehead atoms. The van der Waals surface area contributed by atoms with E-state index in [1.54, 1.807) is 0 Å². The van der Waals surface area contributed by atoms with Crippen LogP contribution < -0.4 is 5.32 Å². The van der Waals surface area contributed by atoms with Crippen LogP contribution in [0.1, 0.15) is 30.1 Å². The fourth-order valence-corrected chi connectivity index (χ4v) is 3.10. The van der Waals surface area contributed by atoms with Crippen molar-refractivity contribution in [1.82, 2.24) is 20.0 Å². The summed E-state index contributed by atoms with van der Waals surface area (Å²) in [4.78, 5) is 16.7. The topological polar surface area (TPSA) is 61.4 Å². The number of nitrogens with one attached hydrogen (secondary N) is 1. The lowest BCUT2D eigenvalue weighted by Crippen LogP contribution is -2.41. The average Bonchev–Trinajstić information content (AvgIpc) is 2.75. The Morgan fingerprint density at radius 1 is 1.47 bits per heavy atom. The monoisotopic (exact) mass is 283 g/mol. The molecule has 2 rings (SSSR count). The summed E-state index contributed by atoms with van der Waals surface area (Å²) in [6.45, 7) is 7.60. The van der Waals surface area contributed by atoms with Crippen LogP contribution in [0.15, 0.2) is 0 Å². The predicted molar refractivity (Wildman–Crippen MR) is 76.7 cm³/mol. The highest BCUT2D eigenvalue weighted by Gasteiger charge is 2.27. The molecule has 2 heterocycles. The normalized spacial score (nSPS) is 21.2. The van der Waals surface area contributed by atoms with Crippen LogP contribution in [0.25, 0.3) is 0 Å². The third kappa shape index (κ3) is 3.42. The van der Waals surface area contributed by atoms with Crippen molar-refractivity contribution in [3.63, 3.8) is 0 Å². The summed E-state index contributed by atoms with van der Waals surface area (Å²) in [5.74, 6) is 0.00412. The maximum atomic E-state index is 12.5. The molecule has 7 heteroatoms. The van der Waals surface area contributed by atoms with E-state index >= 15 is 0 Å². The first-order valence-electron chi connectivity index (χ1n) is 6.68. The van der Waals surface area contributed by atoms with E-state index in [1.165, 1.54) is 11.3 Å². The Balaban J connectivity index is 2.08. The second kappa shape index (κ2) is 6.29. The van der Waals surface area contributed by atoms with Gasteiger partial charge in [0, 0.05) is 25.7 Å². The molecule has 1 aliphatic rings. The SMILES string of the molecule is CCNc1nnc(C(=O)N2CCCN(C)CC2C)s1. The summed E-state index contributed by atoms with van der Waals surface area (Å²) < 4.78 is 0. The largest absolute Gasteiger partial charge is 0.360 e. The minimum atomic E-state index is 0.00412. The van der Waals surface area contributed by atoms with Crippen molar-refractivity contribution in [3.05, 3.63) is 5.01 Å². The lowest BCUT2D eigenvalue weighted by atomic mass is 10.2. The highest BCUT2D eigenvalue weighted by Crippen LogP contribution is 2.19. The Labute approximate surface area is 117 Å². The molecule has 19 heavy (non-hydrogen) atoms. The first-order chi connectivity index (χ1) is 9.11. The number of hydrogen-bond acceptors (Lipinski definition) is 6. The van der Waals surface area contributed by atoms with Crippen LogP contribution in [0.5, 0.6) is 0 Å². The van der Waals surface area contributed by atoms with Crippen molar-refractivity contribution in [3.8, 4) is 0 Å². The maximum absolute atomic E-state index is 12.5. The van der Waals surface area contributed by atoms with Gasteiger partial charge in [0.05, 0.1) is 0 Å². The van der Waals surface area contributed by atoms with Gasteiger partial charge in [-0.2, -0.15) is 0 Å². The summed E-state index contributed by atoms with van der Waals surface area (Å²) in [6, 6.07) is 0.214. The standard InChI is InChI=1S/C12H21N5OS/c1-4-13-12-15-14-10(19-12)11(18)17-7-5-6-16(3)8-9(17)2/h9H,4-8H2,1-3H3,(H,13,15). The van der Waals surface area contributed by atoms with Gasteiger partial charge in [-0.15, -0.1) is 10.2 Å². The van der Waals surface area contributed by atoms with Crippen LogP contribution in [0.4, 0.5) is 5.13 Å². The van der Waals surface area contributed by atoms with Crippen LogP contribution in [0, 0.1) is 0 Å². The van der Waals surface area contributed by atoms with Gasteiger partial charge in [0.2, 0.25) is 10.1 Å². The third-order valence-electron chi connectivity index (χ3n) is 3.24. The first kappa shape index (κ1) is 14.2. The quantitative estimate of drug-likeness (QED) is 0.901. The Hall–Kier alpha value is -1.21. The summed E-state index contributed by atoms with van der Waals surface area (Å²) in [5.41, 5.74) is 0. The van der Waals surface area contributed by atoms with Gasteiger partial charge in [-0.3, -0.25) is 4.79 Å². The number of hydrogen-bond donors (Lipinski definition) is 1. The lowest BCUT2D eigenvalue weighted by Gasteiger charge is -2.26. The van der Waals surface area contributed by atoms with Crippen molar-refractivity contribution in [2.24, 2.45) is 0 Å². The predicted octanol–water partition coefficient (Wildman–Crippen LogP) is 1.14. The number of carbonyl (C=O) groups is 1. The van der Waals surface area contributed by atoms with Gasteiger partial charge in [-0.05, 0) is 33.9 Å². The number of aromatic nitrogens is 2. The summed E-state index contributed by atoms with van der Waals surface area (Å²) >= 11 is 1.33. The van der Waals surface area contributed by atoms with Gasteiger partial charge in [-0.1, -0.05) is 11.3 Å². The van der Waals surface area contributed by atoms with Crippen molar-refractivity contribution in [2.45, 2.75) is 26.3 Å². The lowest BCUT2D eigenvalue weighted by molar-refractivity contribution is 0.0695. The number of nitrogens with zero attached hydrogens (tertiary/aromatic N) is 4. The number of rotatable bonds is 3. The highest BCUT2D eigenvalue weighted by atomic mass is 32.1. The molecular weight excluding hydrogens is 262 g/mol. The Morgan fingerprint density at radius 3 is 3.00 bits per heavy atom. The number of anilines is 1. The van der Waals surface area contributed by atoms with Crippen molar-refractivity contribution in [1.29, 1.82) is 0 Å². The van der Waals surface area contributed by atoms with Gasteiger partial charge >= 0.3 is 0 Å². The van der Waals surface area contributed by atoms with E-state index in [-0.39, 0.29) is 11.9 Å². The van der Waals surface area contributed by atoms with Gasteiger partial charge in [-0.25, -0.2) is 0 Å². The second-order valence-electron chi connectivity index (χ2n) is 4.91. The average molecular weight is 283 g/mol. The molecule has 1 aromatic rings. The molecule has 6 nitrogen and oxygen atoms in total. The molecule has 0 spiro atoms. The maximum Gasteiger partial charge on any atom is 0.285 e. The van der Waals surface area contributed by atoms with E-state index in [4.69, 9.17) is 0 Å². The Kier molecular flexibility index (Phi) is 4.71. The molecule has 106 valence electrons. The van der Waals surface area contributed by atoms with E-state index in [2.05, 4.69) is 34.4 Å². The molecule has 1 fully saturated rings. The molecule has 0 saturated carbocycles. The number of amides is 1. The minimum absolute atomic E-state index is 0.00412. The van der Waals surface area contributed by atoms with Crippen molar-refractivity contribution < 1.29 is 4.79 Å². The third-order valence-corrected chi connectivity index (χ3v) is 4.11. The van der Waals surface area contributed by atoms with Crippen LogP contribution in [0.3, 0.4) is 0 Å². The second-order valence-corrected chi connectivity index (χ2v) is 5.88. The Bertz CT molecular complexity index is 436. The molecule has 1 atom stereocenters. The van der Waals surface area contributed by atoms with Crippen LogP contribution in [-0.4, -0.2) is 65.2 Å². The molecular formula is C12H21N5OS. The van der Waals surface area contributed by atoms with Gasteiger partial charge < -0.3 is 15.1 Å². The molecule has 1 N–H and O–H groups in total. The highest BCUT2D eigenvalue weighted by molar-refractivity contribution is 7.17. The van der Waals surface area contributed by atoms with E-state index < -0.39 is 0 Å². The number of likely N-dealkylation sites (N-methyl/N-ethyl adjacent to an activating group) is 1. The van der Waals surface area contributed by atoms with E-state index in [9.17, 15) is 4.79 Å². The molecule has 1 aromatic heterocycles. The first-order valence-corrected chi connectivity index (χ1v) is 7.50. The van der Waals surface area contributed by atoms with Gasteiger partial charge in [0.25, 0.3) is 5.91 Å². The molecule has 1 aliphatic heterocycles. The smallest absolute Gasteiger partial charge is 0.285 e. The summed E-state index contributed by atoms with van der Waals surface area (Å²) in [7, 11) is 2.10. The molecule has 1 saturated heterocycles. The fraction of sp³-hybridized carbons (Fsp3) is 0.750. The van der Waals surface area contributed by atoms with Crippen molar-refractivity contribution in [2.75, 3.05) is 38.5 Å². The summed E-state index contributed by atoms with van der Waals surface area (Å²) in [5, 5.41) is 12.3. The van der Waals surface area contributed by atoms with Crippen molar-refractivity contribution >= 4 is 22.4 Å². The fourth-order valence-electron chi connectivity index (χ4n) is 2.33. The molecule has 0 aliphatic carbocycles. The molecule has 1 unspecified atom stereocenters. The Morgan fingerprint density at radius 2 is 2.26 bits per heavy atom. The number of carbonyl (C=O) groups excluding carboxylic acids is 1. The zero-order valence-corrected chi connectivity index (χ0v) is 12.5. The van der Waals surface area contributed by atoms with E-state index in [1.807, 2.05) is 11.8 Å². The zero-order chi connectivity index (χ0) is 13.8.